The third kappa shape index (κ3) is 3.56. The fraction of sp³-hybridized carbons (Fsp3) is 0.308. The zero-order chi connectivity index (χ0) is 14.6. The van der Waals surface area contributed by atoms with E-state index < -0.39 is 10.0 Å². The van der Waals surface area contributed by atoms with Crippen molar-refractivity contribution >= 4 is 27.0 Å². The first-order valence-corrected chi connectivity index (χ1v) is 8.63. The number of nitrogens with zero attached hydrogens (tertiary/aromatic N) is 1. The molecule has 2 rings (SSSR count). The minimum atomic E-state index is -3.55. The summed E-state index contributed by atoms with van der Waals surface area (Å²) in [6.45, 7) is 4.68. The van der Waals surface area contributed by atoms with Crippen molar-refractivity contribution in [3.63, 3.8) is 0 Å². The van der Waals surface area contributed by atoms with E-state index in [4.69, 9.17) is 0 Å². The number of anilines is 1. The number of benzene rings is 1. The van der Waals surface area contributed by atoms with Gasteiger partial charge < -0.3 is 5.32 Å². The van der Waals surface area contributed by atoms with Crippen LogP contribution in [0.1, 0.15) is 17.6 Å². The van der Waals surface area contributed by atoms with Crippen LogP contribution >= 0.6 is 11.3 Å². The molecule has 0 spiro atoms. The van der Waals surface area contributed by atoms with Gasteiger partial charge >= 0.3 is 0 Å². The molecule has 5 nitrogen and oxygen atoms in total. The van der Waals surface area contributed by atoms with Crippen LogP contribution in [0.5, 0.6) is 0 Å². The predicted molar refractivity (Wildman–Crippen MR) is 81.5 cm³/mol. The van der Waals surface area contributed by atoms with Gasteiger partial charge in [-0.05, 0) is 26.0 Å². The zero-order valence-corrected chi connectivity index (χ0v) is 13.0. The Morgan fingerprint density at radius 1 is 1.30 bits per heavy atom. The van der Waals surface area contributed by atoms with Crippen molar-refractivity contribution in [3.05, 3.63) is 40.3 Å². The minimum absolute atomic E-state index is 0.210. The number of aryl methyl sites for hydroxylation is 1. The number of nitrogens with one attached hydrogen (secondary N) is 2. The van der Waals surface area contributed by atoms with E-state index >= 15 is 0 Å². The normalized spacial score (nSPS) is 11.5. The molecule has 1 heterocycles. The number of hydrogen-bond acceptors (Lipinski definition) is 5. The molecule has 0 radical (unpaired) electrons. The van der Waals surface area contributed by atoms with Gasteiger partial charge in [-0.1, -0.05) is 12.1 Å². The Balaban J connectivity index is 2.18. The highest BCUT2D eigenvalue weighted by atomic mass is 32.2. The first kappa shape index (κ1) is 15.0. The van der Waals surface area contributed by atoms with Crippen LogP contribution in [0.25, 0.3) is 0 Å². The van der Waals surface area contributed by atoms with E-state index in [2.05, 4.69) is 15.0 Å². The predicted octanol–water partition coefficient (Wildman–Crippen LogP) is 2.36. The van der Waals surface area contributed by atoms with Crippen molar-refractivity contribution in [2.24, 2.45) is 0 Å². The lowest BCUT2D eigenvalue weighted by molar-refractivity contribution is 0.581. The molecule has 1 aromatic carbocycles. The van der Waals surface area contributed by atoms with Crippen LogP contribution in [-0.4, -0.2) is 19.9 Å². The summed E-state index contributed by atoms with van der Waals surface area (Å²) in [5, 5.41) is 5.71. The highest BCUT2D eigenvalue weighted by Gasteiger charge is 2.18. The number of sulfonamides is 1. The first-order valence-electron chi connectivity index (χ1n) is 6.26. The summed E-state index contributed by atoms with van der Waals surface area (Å²) in [6.07, 6.45) is 0. The molecule has 0 saturated heterocycles. The molecule has 1 aromatic heterocycles. The molecule has 0 fully saturated rings. The summed E-state index contributed by atoms with van der Waals surface area (Å²) in [5.74, 6) is 0. The average Bonchev–Trinajstić information content (AvgIpc) is 2.83. The van der Waals surface area contributed by atoms with E-state index in [-0.39, 0.29) is 11.4 Å². The molecule has 0 unspecified atom stereocenters. The molecule has 2 aromatic rings. The molecule has 2 N–H and O–H groups in total. The molecule has 0 bridgehead atoms. The largest absolute Gasteiger partial charge is 0.384 e. The molecule has 0 amide bonds. The van der Waals surface area contributed by atoms with Crippen molar-refractivity contribution < 1.29 is 8.42 Å². The average molecular weight is 311 g/mol. The van der Waals surface area contributed by atoms with E-state index in [1.807, 2.05) is 19.2 Å². The lowest BCUT2D eigenvalue weighted by atomic mass is 10.3. The van der Waals surface area contributed by atoms with E-state index in [0.717, 1.165) is 10.7 Å². The lowest BCUT2D eigenvalue weighted by Gasteiger charge is -2.11. The van der Waals surface area contributed by atoms with Crippen LogP contribution < -0.4 is 10.0 Å². The molecule has 0 aliphatic rings. The smallest absolute Gasteiger partial charge is 0.243 e. The van der Waals surface area contributed by atoms with Gasteiger partial charge in [-0.3, -0.25) is 0 Å². The maximum Gasteiger partial charge on any atom is 0.243 e. The molecule has 108 valence electrons. The second-order valence-corrected chi connectivity index (χ2v) is 6.91. The standard InChI is InChI=1S/C13H17N3O2S2/c1-3-14-11-6-4-5-7-12(11)20(17,18)15-8-13-16-10(2)9-19-13/h4-7,9,14-15H,3,8H2,1-2H3. The van der Waals surface area contributed by atoms with Crippen LogP contribution in [0.15, 0.2) is 34.5 Å². The van der Waals surface area contributed by atoms with Crippen molar-refractivity contribution in [3.8, 4) is 0 Å². The molecular weight excluding hydrogens is 294 g/mol. The summed E-state index contributed by atoms with van der Waals surface area (Å²) in [4.78, 5) is 4.50. The van der Waals surface area contributed by atoms with Crippen molar-refractivity contribution in [2.75, 3.05) is 11.9 Å². The molecule has 0 aliphatic carbocycles. The highest BCUT2D eigenvalue weighted by molar-refractivity contribution is 7.89. The Labute approximate surface area is 123 Å². The van der Waals surface area contributed by atoms with Crippen LogP contribution in [0, 0.1) is 6.92 Å². The van der Waals surface area contributed by atoms with Crippen molar-refractivity contribution in [2.45, 2.75) is 25.3 Å². The number of hydrogen-bond donors (Lipinski definition) is 2. The summed E-state index contributed by atoms with van der Waals surface area (Å²) in [5.41, 5.74) is 1.51. The SMILES string of the molecule is CCNc1ccccc1S(=O)(=O)NCc1nc(C)cs1. The fourth-order valence-corrected chi connectivity index (χ4v) is 3.73. The molecule has 0 aliphatic heterocycles. The third-order valence-corrected chi connectivity index (χ3v) is 5.05. The topological polar surface area (TPSA) is 71.1 Å². The van der Waals surface area contributed by atoms with Gasteiger partial charge in [0.2, 0.25) is 10.0 Å². The minimum Gasteiger partial charge on any atom is -0.384 e. The molecule has 7 heteroatoms. The summed E-state index contributed by atoms with van der Waals surface area (Å²) in [7, 11) is -3.55. The van der Waals surface area contributed by atoms with Gasteiger partial charge in [0, 0.05) is 17.6 Å². The highest BCUT2D eigenvalue weighted by Crippen LogP contribution is 2.20. The van der Waals surface area contributed by atoms with Gasteiger partial charge in [-0.15, -0.1) is 11.3 Å². The van der Waals surface area contributed by atoms with Gasteiger partial charge in [0.15, 0.2) is 0 Å². The first-order chi connectivity index (χ1) is 9.53. The number of para-hydroxylation sites is 1. The summed E-state index contributed by atoms with van der Waals surface area (Å²) < 4.78 is 27.3. The maximum absolute atomic E-state index is 12.3. The lowest BCUT2D eigenvalue weighted by Crippen LogP contribution is -2.24. The van der Waals surface area contributed by atoms with Crippen molar-refractivity contribution in [1.82, 2.24) is 9.71 Å². The Kier molecular flexibility index (Phi) is 4.74. The molecular formula is C13H17N3O2S2. The zero-order valence-electron chi connectivity index (χ0n) is 11.4. The Bertz CT molecular complexity index is 680. The van der Waals surface area contributed by atoms with Gasteiger partial charge in [0.05, 0.1) is 12.2 Å². The Morgan fingerprint density at radius 3 is 2.70 bits per heavy atom. The fourth-order valence-electron chi connectivity index (χ4n) is 1.76. The van der Waals surface area contributed by atoms with Gasteiger partial charge in [-0.2, -0.15) is 0 Å². The quantitative estimate of drug-likeness (QED) is 0.859. The van der Waals surface area contributed by atoms with Crippen LogP contribution in [0.4, 0.5) is 5.69 Å². The van der Waals surface area contributed by atoms with E-state index in [1.54, 1.807) is 24.3 Å². The number of rotatable bonds is 6. The maximum atomic E-state index is 12.3. The number of thiazole rings is 1. The van der Waals surface area contributed by atoms with Crippen LogP contribution in [0.3, 0.4) is 0 Å². The Morgan fingerprint density at radius 2 is 2.05 bits per heavy atom. The van der Waals surface area contributed by atoms with E-state index in [9.17, 15) is 8.42 Å². The van der Waals surface area contributed by atoms with Gasteiger partial charge in [-0.25, -0.2) is 18.1 Å². The number of aromatic nitrogens is 1. The van der Waals surface area contributed by atoms with Crippen molar-refractivity contribution in [1.29, 1.82) is 0 Å². The van der Waals surface area contributed by atoms with Gasteiger partial charge in [0.25, 0.3) is 0 Å². The third-order valence-electron chi connectivity index (χ3n) is 2.62. The monoisotopic (exact) mass is 311 g/mol. The summed E-state index contributed by atoms with van der Waals surface area (Å²) in [6, 6.07) is 6.86. The second-order valence-electron chi connectivity index (χ2n) is 4.23. The molecule has 0 saturated carbocycles. The molecule has 20 heavy (non-hydrogen) atoms. The van der Waals surface area contributed by atoms with Crippen LogP contribution in [0.2, 0.25) is 0 Å². The molecule has 0 atom stereocenters. The Hall–Kier alpha value is -1.44. The van der Waals surface area contributed by atoms with Gasteiger partial charge in [0.1, 0.15) is 9.90 Å². The van der Waals surface area contributed by atoms with Crippen LogP contribution in [-0.2, 0) is 16.6 Å². The van der Waals surface area contributed by atoms with E-state index in [0.29, 0.717) is 12.2 Å². The second kappa shape index (κ2) is 6.34. The van der Waals surface area contributed by atoms with E-state index in [1.165, 1.54) is 11.3 Å². The summed E-state index contributed by atoms with van der Waals surface area (Å²) >= 11 is 1.45.